The Balaban J connectivity index is 2.44. The fourth-order valence-corrected chi connectivity index (χ4v) is 2.40. The van der Waals surface area contributed by atoms with Crippen molar-refractivity contribution in [2.45, 2.75) is 30.7 Å². The first-order chi connectivity index (χ1) is 6.18. The van der Waals surface area contributed by atoms with E-state index < -0.39 is 0 Å². The van der Waals surface area contributed by atoms with Crippen molar-refractivity contribution in [2.75, 3.05) is 0 Å². The van der Waals surface area contributed by atoms with Gasteiger partial charge in [-0.15, -0.1) is 0 Å². The Bertz CT molecular complexity index is 322. The Morgan fingerprint density at radius 2 is 2.23 bits per heavy atom. The Hall–Kier alpha value is -0.340. The first-order valence-corrected chi connectivity index (χ1v) is 5.51. The largest absolute Gasteiger partial charge is 0.387 e. The highest BCUT2D eigenvalue weighted by Gasteiger charge is 2.25. The molecule has 1 aromatic rings. The summed E-state index contributed by atoms with van der Waals surface area (Å²) in [5, 5.41) is 9.87. The molecule has 2 atom stereocenters. The third-order valence-electron chi connectivity index (χ3n) is 2.65. The van der Waals surface area contributed by atoms with Crippen LogP contribution < -0.4 is 0 Å². The third-order valence-corrected chi connectivity index (χ3v) is 3.61. The second-order valence-corrected chi connectivity index (χ2v) is 4.88. The van der Waals surface area contributed by atoms with Crippen LogP contribution in [-0.2, 0) is 6.42 Å². The molecule has 0 bridgehead atoms. The van der Waals surface area contributed by atoms with Crippen LogP contribution in [0.2, 0.25) is 0 Å². The maximum absolute atomic E-state index is 9.87. The molecular formula is C11H13BrO. The number of hydrogen-bond donors (Lipinski definition) is 1. The van der Waals surface area contributed by atoms with Crippen molar-refractivity contribution >= 4 is 15.9 Å². The van der Waals surface area contributed by atoms with Gasteiger partial charge in [-0.1, -0.05) is 39.7 Å². The zero-order valence-electron chi connectivity index (χ0n) is 7.63. The van der Waals surface area contributed by atoms with Gasteiger partial charge in [0, 0.05) is 4.83 Å². The summed E-state index contributed by atoms with van der Waals surface area (Å²) in [6, 6.07) is 6.28. The normalized spacial score (nSPS) is 27.0. The number of rotatable bonds is 0. The van der Waals surface area contributed by atoms with Gasteiger partial charge in [-0.05, 0) is 30.9 Å². The number of aliphatic hydroxyl groups is 1. The molecule has 0 aliphatic heterocycles. The molecule has 1 nitrogen and oxygen atoms in total. The number of fused-ring (bicyclic) bond motifs is 1. The van der Waals surface area contributed by atoms with Crippen LogP contribution >= 0.6 is 15.9 Å². The van der Waals surface area contributed by atoms with Crippen molar-refractivity contribution < 1.29 is 5.11 Å². The quantitative estimate of drug-likeness (QED) is 0.692. The summed E-state index contributed by atoms with van der Waals surface area (Å²) in [4.78, 5) is 0.225. The summed E-state index contributed by atoms with van der Waals surface area (Å²) in [5.74, 6) is 0. The second kappa shape index (κ2) is 3.43. The Kier molecular flexibility index (Phi) is 2.43. The van der Waals surface area contributed by atoms with Crippen molar-refractivity contribution in [3.63, 3.8) is 0 Å². The molecule has 2 heteroatoms. The minimum Gasteiger partial charge on any atom is -0.387 e. The standard InChI is InChI=1S/C11H13BrO/c1-7-2-4-9-8(6-7)3-5-10(12)11(9)13/h2,4,6,10-11,13H,3,5H2,1H3/t10-,11-/m1/s1. The molecule has 0 radical (unpaired) electrons. The smallest absolute Gasteiger partial charge is 0.0917 e. The number of alkyl halides is 1. The van der Waals surface area contributed by atoms with Gasteiger partial charge in [-0.25, -0.2) is 0 Å². The Labute approximate surface area is 86.9 Å². The fraction of sp³-hybridized carbons (Fsp3) is 0.455. The molecule has 1 aromatic carbocycles. The molecule has 0 saturated carbocycles. The highest BCUT2D eigenvalue weighted by Crippen LogP contribution is 2.34. The number of aliphatic hydroxyl groups excluding tert-OH is 1. The second-order valence-electron chi connectivity index (χ2n) is 3.70. The molecule has 0 unspecified atom stereocenters. The number of hydrogen-bond acceptors (Lipinski definition) is 1. The molecule has 0 amide bonds. The molecule has 13 heavy (non-hydrogen) atoms. The van der Waals surface area contributed by atoms with Crippen molar-refractivity contribution in [2.24, 2.45) is 0 Å². The van der Waals surface area contributed by atoms with Crippen LogP contribution in [-0.4, -0.2) is 9.93 Å². The first-order valence-electron chi connectivity index (χ1n) is 4.60. The molecule has 0 spiro atoms. The average Bonchev–Trinajstić information content (AvgIpc) is 2.12. The summed E-state index contributed by atoms with van der Waals surface area (Å²) in [5.41, 5.74) is 3.68. The highest BCUT2D eigenvalue weighted by molar-refractivity contribution is 9.09. The molecule has 2 rings (SSSR count). The molecule has 0 saturated heterocycles. The van der Waals surface area contributed by atoms with E-state index >= 15 is 0 Å². The lowest BCUT2D eigenvalue weighted by Crippen LogP contribution is -2.20. The molecule has 1 N–H and O–H groups in total. The predicted octanol–water partition coefficient (Wildman–Crippen LogP) is 2.74. The van der Waals surface area contributed by atoms with Crippen LogP contribution in [0.15, 0.2) is 18.2 Å². The van der Waals surface area contributed by atoms with Gasteiger partial charge < -0.3 is 5.11 Å². The van der Waals surface area contributed by atoms with Gasteiger partial charge >= 0.3 is 0 Å². The van der Waals surface area contributed by atoms with Crippen LogP contribution in [0.5, 0.6) is 0 Å². The molecule has 1 aliphatic rings. The minimum absolute atomic E-state index is 0.225. The van der Waals surface area contributed by atoms with Gasteiger partial charge in [0.15, 0.2) is 0 Å². The van der Waals surface area contributed by atoms with E-state index in [1.54, 1.807) is 0 Å². The predicted molar refractivity (Wildman–Crippen MR) is 57.2 cm³/mol. The molecule has 0 aromatic heterocycles. The van der Waals surface area contributed by atoms with Crippen LogP contribution in [0.3, 0.4) is 0 Å². The number of aryl methyl sites for hydroxylation is 2. The van der Waals surface area contributed by atoms with E-state index in [1.807, 2.05) is 6.07 Å². The van der Waals surface area contributed by atoms with Crippen LogP contribution in [0.4, 0.5) is 0 Å². The highest BCUT2D eigenvalue weighted by atomic mass is 79.9. The summed E-state index contributed by atoms with van der Waals surface area (Å²) in [6.45, 7) is 2.09. The lowest BCUT2D eigenvalue weighted by molar-refractivity contribution is 0.165. The van der Waals surface area contributed by atoms with Crippen LogP contribution in [0, 0.1) is 6.92 Å². The zero-order valence-corrected chi connectivity index (χ0v) is 9.21. The molecule has 0 fully saturated rings. The SMILES string of the molecule is Cc1ccc2c(c1)CC[C@@H](Br)[C@@H]2O. The van der Waals surface area contributed by atoms with E-state index in [0.717, 1.165) is 18.4 Å². The summed E-state index contributed by atoms with van der Waals surface area (Å²) >= 11 is 3.49. The number of benzene rings is 1. The van der Waals surface area contributed by atoms with Gasteiger partial charge in [0.2, 0.25) is 0 Å². The maximum atomic E-state index is 9.87. The maximum Gasteiger partial charge on any atom is 0.0917 e. The molecule has 70 valence electrons. The average molecular weight is 241 g/mol. The van der Waals surface area contributed by atoms with E-state index in [0.29, 0.717) is 0 Å². The number of halogens is 1. The molecular weight excluding hydrogens is 228 g/mol. The first kappa shape index (κ1) is 9.22. The van der Waals surface area contributed by atoms with E-state index in [4.69, 9.17) is 0 Å². The topological polar surface area (TPSA) is 20.2 Å². The summed E-state index contributed by atoms with van der Waals surface area (Å²) < 4.78 is 0. The van der Waals surface area contributed by atoms with E-state index in [9.17, 15) is 5.11 Å². The zero-order chi connectivity index (χ0) is 9.42. The Morgan fingerprint density at radius 3 is 3.00 bits per heavy atom. The monoisotopic (exact) mass is 240 g/mol. The van der Waals surface area contributed by atoms with Crippen LogP contribution in [0.1, 0.15) is 29.2 Å². The van der Waals surface area contributed by atoms with Gasteiger partial charge in [-0.2, -0.15) is 0 Å². The Morgan fingerprint density at radius 1 is 1.46 bits per heavy atom. The fourth-order valence-electron chi connectivity index (χ4n) is 1.89. The minimum atomic E-state index is -0.329. The summed E-state index contributed by atoms with van der Waals surface area (Å²) in [7, 11) is 0. The van der Waals surface area contributed by atoms with Gasteiger partial charge in [-0.3, -0.25) is 0 Å². The lowest BCUT2D eigenvalue weighted by Gasteiger charge is -2.26. The van der Waals surface area contributed by atoms with Gasteiger partial charge in [0.1, 0.15) is 0 Å². The van der Waals surface area contributed by atoms with Gasteiger partial charge in [0.05, 0.1) is 6.10 Å². The van der Waals surface area contributed by atoms with Crippen LogP contribution in [0.25, 0.3) is 0 Å². The summed E-state index contributed by atoms with van der Waals surface area (Å²) in [6.07, 6.45) is 1.77. The van der Waals surface area contributed by atoms with E-state index in [-0.39, 0.29) is 10.9 Å². The molecule has 0 heterocycles. The lowest BCUT2D eigenvalue weighted by atomic mass is 9.88. The van der Waals surface area contributed by atoms with E-state index in [2.05, 4.69) is 35.0 Å². The van der Waals surface area contributed by atoms with Gasteiger partial charge in [0.25, 0.3) is 0 Å². The van der Waals surface area contributed by atoms with Crippen molar-refractivity contribution in [1.82, 2.24) is 0 Å². The van der Waals surface area contributed by atoms with Crippen molar-refractivity contribution in [1.29, 1.82) is 0 Å². The van der Waals surface area contributed by atoms with E-state index in [1.165, 1.54) is 11.1 Å². The van der Waals surface area contributed by atoms with Crippen molar-refractivity contribution in [3.05, 3.63) is 34.9 Å². The third kappa shape index (κ3) is 1.65. The molecule has 1 aliphatic carbocycles. The van der Waals surface area contributed by atoms with Crippen molar-refractivity contribution in [3.8, 4) is 0 Å².